The Hall–Kier alpha value is -2.09. The van der Waals surface area contributed by atoms with E-state index in [9.17, 15) is 9.59 Å². The molecule has 4 heterocycles. The van der Waals surface area contributed by atoms with Gasteiger partial charge in [-0.2, -0.15) is 0 Å². The van der Waals surface area contributed by atoms with E-state index < -0.39 is 5.60 Å². The predicted molar refractivity (Wildman–Crippen MR) is 75.4 cm³/mol. The molecule has 7 nitrogen and oxygen atoms in total. The van der Waals surface area contributed by atoms with Crippen LogP contribution in [0.25, 0.3) is 4.96 Å². The molecule has 2 aromatic heterocycles. The topological polar surface area (TPSA) is 67.2 Å². The molecule has 2 fully saturated rings. The summed E-state index contributed by atoms with van der Waals surface area (Å²) in [4.78, 5) is 32.5. The second-order valence-electron chi connectivity index (χ2n) is 5.60. The lowest BCUT2D eigenvalue weighted by atomic mass is 10.0. The molecule has 0 aliphatic carbocycles. The highest BCUT2D eigenvalue weighted by Crippen LogP contribution is 2.32. The van der Waals surface area contributed by atoms with Crippen molar-refractivity contribution in [2.45, 2.75) is 12.0 Å². The van der Waals surface area contributed by atoms with Crippen molar-refractivity contribution in [3.8, 4) is 0 Å². The molecule has 2 aliphatic rings. The summed E-state index contributed by atoms with van der Waals surface area (Å²) in [5, 5.41) is 1.93. The lowest BCUT2D eigenvalue weighted by molar-refractivity contribution is 0.0551. The molecule has 0 bridgehead atoms. The summed E-state index contributed by atoms with van der Waals surface area (Å²) in [5.74, 6) is -0.103. The first-order valence-corrected chi connectivity index (χ1v) is 7.60. The molecule has 2 amide bonds. The molecule has 0 radical (unpaired) electrons. The average molecular weight is 306 g/mol. The third-order valence-electron chi connectivity index (χ3n) is 4.06. The van der Waals surface area contributed by atoms with Crippen LogP contribution >= 0.6 is 11.3 Å². The summed E-state index contributed by atoms with van der Waals surface area (Å²) in [6.45, 7) is 1.56. The molecule has 0 N–H and O–H groups in total. The van der Waals surface area contributed by atoms with Crippen molar-refractivity contribution < 1.29 is 14.3 Å². The summed E-state index contributed by atoms with van der Waals surface area (Å²) in [6.07, 6.45) is 3.98. The number of likely N-dealkylation sites (N-methyl/N-ethyl adjacent to an activating group) is 1. The maximum absolute atomic E-state index is 12.5. The van der Waals surface area contributed by atoms with Gasteiger partial charge >= 0.3 is 6.09 Å². The van der Waals surface area contributed by atoms with Crippen LogP contribution in [0.1, 0.15) is 16.9 Å². The van der Waals surface area contributed by atoms with Gasteiger partial charge in [0, 0.05) is 37.8 Å². The van der Waals surface area contributed by atoms with Gasteiger partial charge in [0.15, 0.2) is 10.6 Å². The molecule has 0 saturated carbocycles. The number of ether oxygens (including phenoxy) is 1. The van der Waals surface area contributed by atoms with Gasteiger partial charge in [-0.3, -0.25) is 9.20 Å². The van der Waals surface area contributed by atoms with Crippen molar-refractivity contribution >= 4 is 28.3 Å². The Morgan fingerprint density at radius 1 is 1.48 bits per heavy atom. The highest BCUT2D eigenvalue weighted by molar-refractivity contribution is 7.15. The number of imidazole rings is 1. The van der Waals surface area contributed by atoms with Gasteiger partial charge < -0.3 is 14.5 Å². The Balaban J connectivity index is 1.54. The predicted octanol–water partition coefficient (Wildman–Crippen LogP) is 1.06. The number of aromatic nitrogens is 2. The van der Waals surface area contributed by atoms with Crippen LogP contribution in [0.4, 0.5) is 4.79 Å². The maximum Gasteiger partial charge on any atom is 0.410 e. The fourth-order valence-electron chi connectivity index (χ4n) is 3.02. The lowest BCUT2D eigenvalue weighted by Crippen LogP contribution is -2.39. The molecule has 2 aromatic rings. The van der Waals surface area contributed by atoms with Gasteiger partial charge in [0.05, 0.1) is 13.1 Å². The number of hydrogen-bond acceptors (Lipinski definition) is 5. The molecule has 0 aromatic carbocycles. The quantitative estimate of drug-likeness (QED) is 0.790. The van der Waals surface area contributed by atoms with Crippen molar-refractivity contribution in [3.05, 3.63) is 23.5 Å². The van der Waals surface area contributed by atoms with Gasteiger partial charge in [-0.15, -0.1) is 11.3 Å². The first-order chi connectivity index (χ1) is 10.1. The average Bonchev–Trinajstić information content (AvgIpc) is 3.14. The van der Waals surface area contributed by atoms with Crippen molar-refractivity contribution in [3.63, 3.8) is 0 Å². The molecule has 1 spiro atoms. The van der Waals surface area contributed by atoms with Crippen molar-refractivity contribution in [1.82, 2.24) is 19.2 Å². The summed E-state index contributed by atoms with van der Waals surface area (Å²) in [5.41, 5.74) is -0.102. The summed E-state index contributed by atoms with van der Waals surface area (Å²) in [7, 11) is 1.71. The van der Waals surface area contributed by atoms with Crippen LogP contribution in [0, 0.1) is 0 Å². The first kappa shape index (κ1) is 12.6. The fourth-order valence-corrected chi connectivity index (χ4v) is 3.72. The Morgan fingerprint density at radius 3 is 3.05 bits per heavy atom. The zero-order chi connectivity index (χ0) is 14.6. The smallest absolute Gasteiger partial charge is 0.410 e. The van der Waals surface area contributed by atoms with E-state index in [4.69, 9.17) is 4.74 Å². The van der Waals surface area contributed by atoms with E-state index in [0.29, 0.717) is 31.7 Å². The molecule has 1 atom stereocenters. The molecule has 0 unspecified atom stereocenters. The van der Waals surface area contributed by atoms with E-state index in [1.54, 1.807) is 23.0 Å². The van der Waals surface area contributed by atoms with Gasteiger partial charge in [0.25, 0.3) is 5.91 Å². The number of nitrogens with zero attached hydrogens (tertiary/aromatic N) is 4. The summed E-state index contributed by atoms with van der Waals surface area (Å²) >= 11 is 1.49. The third kappa shape index (κ3) is 1.90. The van der Waals surface area contributed by atoms with Crippen molar-refractivity contribution in [2.75, 3.05) is 26.7 Å². The number of hydrogen-bond donors (Lipinski definition) is 0. The SMILES string of the molecule is CN1C[C@]2(CCN(C(=O)c3cn4ccsc4n3)C2)OC1=O. The normalized spacial score (nSPS) is 25.3. The Labute approximate surface area is 124 Å². The molecule has 2 saturated heterocycles. The lowest BCUT2D eigenvalue weighted by Gasteiger charge is -2.21. The van der Waals surface area contributed by atoms with Gasteiger partial charge in [-0.1, -0.05) is 0 Å². The number of amides is 2. The minimum Gasteiger partial charge on any atom is -0.439 e. The van der Waals surface area contributed by atoms with E-state index in [-0.39, 0.29) is 12.0 Å². The first-order valence-electron chi connectivity index (χ1n) is 6.72. The van der Waals surface area contributed by atoms with Crippen LogP contribution < -0.4 is 0 Å². The highest BCUT2D eigenvalue weighted by atomic mass is 32.1. The largest absolute Gasteiger partial charge is 0.439 e. The monoisotopic (exact) mass is 306 g/mol. The number of carbonyl (C=O) groups is 2. The molecular formula is C13H14N4O3S. The minimum absolute atomic E-state index is 0.103. The van der Waals surface area contributed by atoms with Crippen LogP contribution in [0.2, 0.25) is 0 Å². The van der Waals surface area contributed by atoms with Crippen LogP contribution in [-0.2, 0) is 4.74 Å². The second kappa shape index (κ2) is 4.20. The maximum atomic E-state index is 12.5. The Bertz CT molecular complexity index is 710. The molecule has 2 aliphatic heterocycles. The van der Waals surface area contributed by atoms with Gasteiger partial charge in [0.1, 0.15) is 5.69 Å². The van der Waals surface area contributed by atoms with E-state index in [0.717, 1.165) is 4.96 Å². The molecule has 21 heavy (non-hydrogen) atoms. The minimum atomic E-state index is -0.543. The van der Waals surface area contributed by atoms with Gasteiger partial charge in [-0.05, 0) is 0 Å². The number of thiazole rings is 1. The van der Waals surface area contributed by atoms with Crippen LogP contribution in [0.5, 0.6) is 0 Å². The fraction of sp³-hybridized carbons (Fsp3) is 0.462. The van der Waals surface area contributed by atoms with Gasteiger partial charge in [-0.25, -0.2) is 9.78 Å². The van der Waals surface area contributed by atoms with Crippen molar-refractivity contribution in [1.29, 1.82) is 0 Å². The number of rotatable bonds is 1. The third-order valence-corrected chi connectivity index (χ3v) is 4.83. The molecule has 8 heteroatoms. The molecule has 110 valence electrons. The molecular weight excluding hydrogens is 292 g/mol. The number of fused-ring (bicyclic) bond motifs is 1. The number of carbonyl (C=O) groups excluding carboxylic acids is 2. The van der Waals surface area contributed by atoms with E-state index in [2.05, 4.69) is 4.98 Å². The van der Waals surface area contributed by atoms with Crippen molar-refractivity contribution in [2.24, 2.45) is 0 Å². The highest BCUT2D eigenvalue weighted by Gasteiger charge is 2.49. The summed E-state index contributed by atoms with van der Waals surface area (Å²) < 4.78 is 7.29. The van der Waals surface area contributed by atoms with E-state index >= 15 is 0 Å². The van der Waals surface area contributed by atoms with E-state index in [1.165, 1.54) is 11.3 Å². The molecule has 4 rings (SSSR count). The van der Waals surface area contributed by atoms with Crippen LogP contribution in [0.3, 0.4) is 0 Å². The van der Waals surface area contributed by atoms with Gasteiger partial charge in [0.2, 0.25) is 0 Å². The zero-order valence-corrected chi connectivity index (χ0v) is 12.3. The Morgan fingerprint density at radius 2 is 2.33 bits per heavy atom. The Kier molecular flexibility index (Phi) is 2.53. The van der Waals surface area contributed by atoms with Crippen LogP contribution in [-0.4, -0.2) is 63.5 Å². The second-order valence-corrected chi connectivity index (χ2v) is 6.48. The standard InChI is InChI=1S/C13H14N4O3S/c1-15-7-13(20-12(15)19)2-3-17(8-13)10(18)9-6-16-4-5-21-11(16)14-9/h4-6H,2-3,7-8H2,1H3/t13-/m0/s1. The number of likely N-dealkylation sites (tertiary alicyclic amines) is 1. The van der Waals surface area contributed by atoms with Crippen LogP contribution in [0.15, 0.2) is 17.8 Å². The van der Waals surface area contributed by atoms with E-state index in [1.807, 2.05) is 16.0 Å². The summed E-state index contributed by atoms with van der Waals surface area (Å²) in [6, 6.07) is 0. The zero-order valence-electron chi connectivity index (χ0n) is 11.5.